The van der Waals surface area contributed by atoms with Crippen LogP contribution in [0.4, 0.5) is 0 Å². The van der Waals surface area contributed by atoms with E-state index in [4.69, 9.17) is 16.7 Å². The molecule has 2 aromatic carbocycles. The maximum Gasteiger partial charge on any atom is 0.240 e. The van der Waals surface area contributed by atoms with E-state index in [1.807, 2.05) is 0 Å². The Morgan fingerprint density at radius 1 is 1.05 bits per heavy atom. The van der Waals surface area contributed by atoms with Gasteiger partial charge in [-0.05, 0) is 35.7 Å². The molecular formula is C15H16ClNO3S. The van der Waals surface area contributed by atoms with Gasteiger partial charge in [-0.3, -0.25) is 0 Å². The highest BCUT2D eigenvalue weighted by Gasteiger charge is 2.14. The van der Waals surface area contributed by atoms with Gasteiger partial charge in [-0.15, -0.1) is 0 Å². The van der Waals surface area contributed by atoms with Gasteiger partial charge in [0.25, 0.3) is 0 Å². The lowest BCUT2D eigenvalue weighted by Gasteiger charge is -2.08. The fraction of sp³-hybridized carbons (Fsp3) is 0.200. The average molecular weight is 326 g/mol. The van der Waals surface area contributed by atoms with Crippen LogP contribution in [-0.2, 0) is 23.0 Å². The van der Waals surface area contributed by atoms with Gasteiger partial charge < -0.3 is 5.11 Å². The highest BCUT2D eigenvalue weighted by atomic mass is 35.5. The smallest absolute Gasteiger partial charge is 0.240 e. The van der Waals surface area contributed by atoms with Crippen LogP contribution in [0.2, 0.25) is 5.02 Å². The van der Waals surface area contributed by atoms with Gasteiger partial charge >= 0.3 is 0 Å². The van der Waals surface area contributed by atoms with Crippen molar-refractivity contribution < 1.29 is 13.5 Å². The summed E-state index contributed by atoms with van der Waals surface area (Å²) < 4.78 is 26.9. The molecule has 112 valence electrons. The van der Waals surface area contributed by atoms with E-state index in [0.717, 1.165) is 11.1 Å². The van der Waals surface area contributed by atoms with E-state index in [2.05, 4.69) is 4.72 Å². The van der Waals surface area contributed by atoms with Crippen molar-refractivity contribution in [1.82, 2.24) is 4.72 Å². The van der Waals surface area contributed by atoms with Crippen LogP contribution in [0.3, 0.4) is 0 Å². The Bertz CT molecular complexity index is 699. The van der Waals surface area contributed by atoms with Gasteiger partial charge in [0, 0.05) is 18.2 Å². The Hall–Kier alpha value is -1.40. The van der Waals surface area contributed by atoms with Gasteiger partial charge in [0.1, 0.15) is 0 Å². The van der Waals surface area contributed by atoms with E-state index in [1.54, 1.807) is 36.4 Å². The molecule has 0 aliphatic carbocycles. The zero-order valence-electron chi connectivity index (χ0n) is 11.3. The minimum absolute atomic E-state index is 0.0385. The standard InChI is InChI=1S/C15H16ClNO3S/c16-15-4-2-1-3-13(15)11-17-21(19,20)14-7-5-12(6-8-14)9-10-18/h1-8,17-18H,9-11H2. The van der Waals surface area contributed by atoms with Gasteiger partial charge in [-0.1, -0.05) is 41.9 Å². The predicted octanol–water partition coefficient (Wildman–Crippen LogP) is 2.35. The molecule has 0 aliphatic rings. The van der Waals surface area contributed by atoms with Crippen LogP contribution in [0.1, 0.15) is 11.1 Å². The van der Waals surface area contributed by atoms with E-state index in [-0.39, 0.29) is 18.0 Å². The number of benzene rings is 2. The summed E-state index contributed by atoms with van der Waals surface area (Å²) in [6, 6.07) is 13.5. The third-order valence-electron chi connectivity index (χ3n) is 3.04. The highest BCUT2D eigenvalue weighted by Crippen LogP contribution is 2.16. The minimum atomic E-state index is -3.58. The third-order valence-corrected chi connectivity index (χ3v) is 4.83. The Morgan fingerprint density at radius 3 is 2.33 bits per heavy atom. The zero-order chi connectivity index (χ0) is 15.3. The number of halogens is 1. The van der Waals surface area contributed by atoms with Crippen molar-refractivity contribution in [1.29, 1.82) is 0 Å². The first-order valence-electron chi connectivity index (χ1n) is 6.46. The van der Waals surface area contributed by atoms with Crippen LogP contribution >= 0.6 is 11.6 Å². The molecule has 2 aromatic rings. The van der Waals surface area contributed by atoms with Crippen molar-refractivity contribution in [2.24, 2.45) is 0 Å². The van der Waals surface area contributed by atoms with Crippen molar-refractivity contribution >= 4 is 21.6 Å². The number of aliphatic hydroxyl groups is 1. The Balaban J connectivity index is 2.09. The van der Waals surface area contributed by atoms with E-state index in [1.165, 1.54) is 12.1 Å². The SMILES string of the molecule is O=S(=O)(NCc1ccccc1Cl)c1ccc(CCO)cc1. The molecule has 4 nitrogen and oxygen atoms in total. The van der Waals surface area contributed by atoms with Crippen molar-refractivity contribution in [2.45, 2.75) is 17.9 Å². The van der Waals surface area contributed by atoms with Crippen LogP contribution < -0.4 is 4.72 Å². The van der Waals surface area contributed by atoms with Crippen molar-refractivity contribution in [2.75, 3.05) is 6.61 Å². The lowest BCUT2D eigenvalue weighted by molar-refractivity contribution is 0.299. The van der Waals surface area contributed by atoms with Crippen molar-refractivity contribution in [3.63, 3.8) is 0 Å². The molecule has 0 bridgehead atoms. The number of sulfonamides is 1. The van der Waals surface area contributed by atoms with Crippen molar-refractivity contribution in [3.8, 4) is 0 Å². The number of rotatable bonds is 6. The van der Waals surface area contributed by atoms with Gasteiger partial charge in [-0.2, -0.15) is 0 Å². The Kier molecular flexibility index (Phi) is 5.36. The Morgan fingerprint density at radius 2 is 1.71 bits per heavy atom. The molecule has 6 heteroatoms. The maximum absolute atomic E-state index is 12.2. The number of nitrogens with one attached hydrogen (secondary N) is 1. The lowest BCUT2D eigenvalue weighted by Crippen LogP contribution is -2.23. The zero-order valence-corrected chi connectivity index (χ0v) is 12.9. The second kappa shape index (κ2) is 7.04. The number of aliphatic hydroxyl groups excluding tert-OH is 1. The first-order valence-corrected chi connectivity index (χ1v) is 8.32. The van der Waals surface area contributed by atoms with E-state index in [0.29, 0.717) is 11.4 Å². The summed E-state index contributed by atoms with van der Waals surface area (Å²) >= 11 is 6.00. The van der Waals surface area contributed by atoms with Crippen molar-refractivity contribution in [3.05, 3.63) is 64.7 Å². The van der Waals surface area contributed by atoms with E-state index < -0.39 is 10.0 Å². The quantitative estimate of drug-likeness (QED) is 0.856. The molecule has 0 aliphatic heterocycles. The molecular weight excluding hydrogens is 310 g/mol. The highest BCUT2D eigenvalue weighted by molar-refractivity contribution is 7.89. The first-order chi connectivity index (χ1) is 10.0. The van der Waals surface area contributed by atoms with Gasteiger partial charge in [-0.25, -0.2) is 13.1 Å². The molecule has 0 fully saturated rings. The topological polar surface area (TPSA) is 66.4 Å². The van der Waals surface area contributed by atoms with E-state index >= 15 is 0 Å². The average Bonchev–Trinajstić information content (AvgIpc) is 2.47. The molecule has 0 unspecified atom stereocenters. The molecule has 0 saturated heterocycles. The van der Waals surface area contributed by atoms with E-state index in [9.17, 15) is 8.42 Å². The molecule has 2 N–H and O–H groups in total. The summed E-state index contributed by atoms with van der Waals surface area (Å²) in [7, 11) is -3.58. The fourth-order valence-electron chi connectivity index (χ4n) is 1.86. The first kappa shape index (κ1) is 16.0. The monoisotopic (exact) mass is 325 g/mol. The fourth-order valence-corrected chi connectivity index (χ4v) is 3.07. The molecule has 0 saturated carbocycles. The summed E-state index contributed by atoms with van der Waals surface area (Å²) in [5.41, 5.74) is 1.61. The summed E-state index contributed by atoms with van der Waals surface area (Å²) in [6.45, 7) is 0.178. The largest absolute Gasteiger partial charge is 0.396 e. The van der Waals surface area contributed by atoms with Crippen LogP contribution in [0, 0.1) is 0 Å². The van der Waals surface area contributed by atoms with Crippen LogP contribution in [-0.4, -0.2) is 20.1 Å². The second-order valence-electron chi connectivity index (χ2n) is 4.53. The summed E-state index contributed by atoms with van der Waals surface area (Å²) in [6.07, 6.45) is 0.507. The Labute approximate surface area is 129 Å². The second-order valence-corrected chi connectivity index (χ2v) is 6.71. The summed E-state index contributed by atoms with van der Waals surface area (Å²) in [5.74, 6) is 0. The molecule has 0 radical (unpaired) electrons. The number of hydrogen-bond acceptors (Lipinski definition) is 3. The third kappa shape index (κ3) is 4.28. The maximum atomic E-state index is 12.2. The van der Waals surface area contributed by atoms with Crippen LogP contribution in [0.5, 0.6) is 0 Å². The van der Waals surface area contributed by atoms with Crippen LogP contribution in [0.25, 0.3) is 0 Å². The molecule has 0 atom stereocenters. The minimum Gasteiger partial charge on any atom is -0.396 e. The molecule has 0 amide bonds. The van der Waals surface area contributed by atoms with Gasteiger partial charge in [0.05, 0.1) is 4.90 Å². The molecule has 2 rings (SSSR count). The van der Waals surface area contributed by atoms with Crippen LogP contribution in [0.15, 0.2) is 53.4 Å². The molecule has 21 heavy (non-hydrogen) atoms. The number of hydrogen-bond donors (Lipinski definition) is 2. The normalized spacial score (nSPS) is 11.5. The van der Waals surface area contributed by atoms with Gasteiger partial charge in [0.15, 0.2) is 0 Å². The summed E-state index contributed by atoms with van der Waals surface area (Å²) in [5, 5.41) is 9.37. The molecule has 0 spiro atoms. The van der Waals surface area contributed by atoms with Gasteiger partial charge in [0.2, 0.25) is 10.0 Å². The predicted molar refractivity (Wildman–Crippen MR) is 82.7 cm³/mol. The molecule has 0 aromatic heterocycles. The molecule has 0 heterocycles. The summed E-state index contributed by atoms with van der Waals surface area (Å²) in [4.78, 5) is 0.191. The lowest BCUT2D eigenvalue weighted by atomic mass is 10.2.